The van der Waals surface area contributed by atoms with Crippen molar-refractivity contribution < 1.29 is 14.2 Å². The van der Waals surface area contributed by atoms with Crippen LogP contribution in [0.15, 0.2) is 42.5 Å². The van der Waals surface area contributed by atoms with E-state index in [0.29, 0.717) is 5.56 Å². The molecule has 0 saturated heterocycles. The van der Waals surface area contributed by atoms with Gasteiger partial charge in [-0.2, -0.15) is 0 Å². The lowest BCUT2D eigenvalue weighted by Gasteiger charge is -2.08. The quantitative estimate of drug-likeness (QED) is 0.878. The Balaban J connectivity index is 2.10. The van der Waals surface area contributed by atoms with Gasteiger partial charge in [0.1, 0.15) is 12.4 Å². The number of halogens is 1. The zero-order valence-corrected chi connectivity index (χ0v) is 9.48. The molecule has 0 saturated carbocycles. The molecule has 0 fully saturated rings. The predicted octanol–water partition coefficient (Wildman–Crippen LogP) is 3.42. The van der Waals surface area contributed by atoms with E-state index in [0.717, 1.165) is 5.56 Å². The number of rotatable bonds is 3. The first-order valence-electron chi connectivity index (χ1n) is 5.32. The van der Waals surface area contributed by atoms with Crippen molar-refractivity contribution in [3.05, 3.63) is 59.4 Å². The average molecular weight is 232 g/mol. The fourth-order valence-electron chi connectivity index (χ4n) is 1.54. The molecule has 0 radical (unpaired) electrons. The Morgan fingerprint density at radius 1 is 1.18 bits per heavy atom. The van der Waals surface area contributed by atoms with Crippen LogP contribution in [0.2, 0.25) is 0 Å². The number of hydrogen-bond acceptors (Lipinski definition) is 2. The van der Waals surface area contributed by atoms with Crippen LogP contribution in [0.25, 0.3) is 0 Å². The Morgan fingerprint density at radius 3 is 2.71 bits per heavy atom. The molecule has 0 bridgehead atoms. The first-order chi connectivity index (χ1) is 8.16. The number of aryl methyl sites for hydroxylation is 1. The summed E-state index contributed by atoms with van der Waals surface area (Å²) in [6.45, 7) is 1.92. The number of benzene rings is 2. The molecule has 3 heteroatoms. The standard InChI is InChI=1S/C14H13FO2/c1-10-4-2-7-13(14(10)15)17-9-11-5-3-6-12(16)8-11/h2-8,16H,9H2,1H3. The third-order valence-corrected chi connectivity index (χ3v) is 2.46. The monoisotopic (exact) mass is 232 g/mol. The maximum absolute atomic E-state index is 13.6. The van der Waals surface area contributed by atoms with Crippen LogP contribution in [0, 0.1) is 12.7 Å². The van der Waals surface area contributed by atoms with Crippen molar-refractivity contribution in [3.8, 4) is 11.5 Å². The maximum atomic E-state index is 13.6. The Hall–Kier alpha value is -2.03. The van der Waals surface area contributed by atoms with Crippen LogP contribution in [0.1, 0.15) is 11.1 Å². The van der Waals surface area contributed by atoms with Crippen LogP contribution in [0.3, 0.4) is 0 Å². The number of aromatic hydroxyl groups is 1. The van der Waals surface area contributed by atoms with Crippen LogP contribution in [-0.4, -0.2) is 5.11 Å². The van der Waals surface area contributed by atoms with Crippen molar-refractivity contribution in [1.82, 2.24) is 0 Å². The van der Waals surface area contributed by atoms with Crippen LogP contribution in [0.5, 0.6) is 11.5 Å². The second-order valence-electron chi connectivity index (χ2n) is 3.85. The SMILES string of the molecule is Cc1cccc(OCc2cccc(O)c2)c1F. The van der Waals surface area contributed by atoms with Gasteiger partial charge in [0.2, 0.25) is 0 Å². The van der Waals surface area contributed by atoms with Gasteiger partial charge >= 0.3 is 0 Å². The van der Waals surface area contributed by atoms with Gasteiger partial charge in [0, 0.05) is 0 Å². The van der Waals surface area contributed by atoms with Gasteiger partial charge in [0.05, 0.1) is 0 Å². The van der Waals surface area contributed by atoms with E-state index in [2.05, 4.69) is 0 Å². The largest absolute Gasteiger partial charge is 0.508 e. The van der Waals surface area contributed by atoms with Crippen molar-refractivity contribution in [3.63, 3.8) is 0 Å². The average Bonchev–Trinajstić information content (AvgIpc) is 2.31. The second-order valence-corrected chi connectivity index (χ2v) is 3.85. The summed E-state index contributed by atoms with van der Waals surface area (Å²) in [5.41, 5.74) is 1.35. The topological polar surface area (TPSA) is 29.5 Å². The molecule has 0 aromatic heterocycles. The molecular formula is C14H13FO2. The maximum Gasteiger partial charge on any atom is 0.167 e. The molecule has 0 atom stereocenters. The zero-order chi connectivity index (χ0) is 12.3. The van der Waals surface area contributed by atoms with E-state index in [1.54, 1.807) is 43.3 Å². The summed E-state index contributed by atoms with van der Waals surface area (Å²) in [5.74, 6) is 0.0665. The van der Waals surface area contributed by atoms with E-state index in [1.165, 1.54) is 0 Å². The molecule has 1 N–H and O–H groups in total. The highest BCUT2D eigenvalue weighted by Crippen LogP contribution is 2.21. The van der Waals surface area contributed by atoms with E-state index in [1.807, 2.05) is 6.07 Å². The van der Waals surface area contributed by atoms with Crippen LogP contribution >= 0.6 is 0 Å². The molecule has 0 spiro atoms. The molecule has 0 unspecified atom stereocenters. The normalized spacial score (nSPS) is 10.2. The van der Waals surface area contributed by atoms with Crippen molar-refractivity contribution in [2.75, 3.05) is 0 Å². The third kappa shape index (κ3) is 2.75. The number of phenols is 1. The van der Waals surface area contributed by atoms with Crippen LogP contribution < -0.4 is 4.74 Å². The number of phenolic OH excluding ortho intramolecular Hbond substituents is 1. The Labute approximate surface area is 99.3 Å². The Bertz CT molecular complexity index is 523. The molecule has 2 aromatic rings. The van der Waals surface area contributed by atoms with E-state index in [-0.39, 0.29) is 23.9 Å². The summed E-state index contributed by atoms with van der Waals surface area (Å²) in [7, 11) is 0. The fraction of sp³-hybridized carbons (Fsp3) is 0.143. The van der Waals surface area contributed by atoms with Gasteiger partial charge in [0.25, 0.3) is 0 Å². The Morgan fingerprint density at radius 2 is 1.94 bits per heavy atom. The van der Waals surface area contributed by atoms with E-state index in [4.69, 9.17) is 4.74 Å². The van der Waals surface area contributed by atoms with Gasteiger partial charge in [-0.3, -0.25) is 0 Å². The lowest BCUT2D eigenvalue weighted by atomic mass is 10.2. The molecule has 0 heterocycles. The minimum atomic E-state index is -0.340. The molecule has 2 aromatic carbocycles. The van der Waals surface area contributed by atoms with Crippen molar-refractivity contribution >= 4 is 0 Å². The van der Waals surface area contributed by atoms with Crippen molar-refractivity contribution in [1.29, 1.82) is 0 Å². The molecular weight excluding hydrogens is 219 g/mol. The number of ether oxygens (including phenoxy) is 1. The molecule has 2 rings (SSSR count). The summed E-state index contributed by atoms with van der Waals surface area (Å²) < 4.78 is 19.0. The molecule has 0 amide bonds. The van der Waals surface area contributed by atoms with E-state index >= 15 is 0 Å². The predicted molar refractivity (Wildman–Crippen MR) is 63.6 cm³/mol. The van der Waals surface area contributed by atoms with Gasteiger partial charge in [-0.25, -0.2) is 4.39 Å². The second kappa shape index (κ2) is 4.87. The highest BCUT2D eigenvalue weighted by Gasteiger charge is 2.05. The van der Waals surface area contributed by atoms with Gasteiger partial charge in [-0.15, -0.1) is 0 Å². The summed E-state index contributed by atoms with van der Waals surface area (Å²) in [4.78, 5) is 0. The minimum Gasteiger partial charge on any atom is -0.508 e. The van der Waals surface area contributed by atoms with Gasteiger partial charge in [0.15, 0.2) is 11.6 Å². The number of hydrogen-bond donors (Lipinski definition) is 1. The first kappa shape index (κ1) is 11.5. The highest BCUT2D eigenvalue weighted by atomic mass is 19.1. The first-order valence-corrected chi connectivity index (χ1v) is 5.32. The summed E-state index contributed by atoms with van der Waals surface area (Å²) in [6.07, 6.45) is 0. The lowest BCUT2D eigenvalue weighted by molar-refractivity contribution is 0.289. The van der Waals surface area contributed by atoms with Crippen LogP contribution in [-0.2, 0) is 6.61 Å². The minimum absolute atomic E-state index is 0.177. The summed E-state index contributed by atoms with van der Waals surface area (Å²) >= 11 is 0. The van der Waals surface area contributed by atoms with E-state index < -0.39 is 0 Å². The van der Waals surface area contributed by atoms with Gasteiger partial charge in [-0.05, 0) is 36.2 Å². The van der Waals surface area contributed by atoms with Crippen LogP contribution in [0.4, 0.5) is 4.39 Å². The fourth-order valence-corrected chi connectivity index (χ4v) is 1.54. The zero-order valence-electron chi connectivity index (χ0n) is 9.48. The van der Waals surface area contributed by atoms with Crippen molar-refractivity contribution in [2.45, 2.75) is 13.5 Å². The molecule has 88 valence electrons. The van der Waals surface area contributed by atoms with Crippen molar-refractivity contribution in [2.24, 2.45) is 0 Å². The molecule has 0 aliphatic carbocycles. The summed E-state index contributed by atoms with van der Waals surface area (Å²) in [5, 5.41) is 9.28. The molecule has 0 aliphatic rings. The Kier molecular flexibility index (Phi) is 3.28. The summed E-state index contributed by atoms with van der Waals surface area (Å²) in [6, 6.07) is 11.7. The molecule has 0 aliphatic heterocycles. The van der Waals surface area contributed by atoms with Gasteiger partial charge < -0.3 is 9.84 Å². The molecule has 2 nitrogen and oxygen atoms in total. The molecule has 17 heavy (non-hydrogen) atoms. The smallest absolute Gasteiger partial charge is 0.167 e. The van der Waals surface area contributed by atoms with Gasteiger partial charge in [-0.1, -0.05) is 24.3 Å². The van der Waals surface area contributed by atoms with E-state index in [9.17, 15) is 9.50 Å². The third-order valence-electron chi connectivity index (χ3n) is 2.46. The lowest BCUT2D eigenvalue weighted by Crippen LogP contribution is -1.98. The highest BCUT2D eigenvalue weighted by molar-refractivity contribution is 5.31.